The Hall–Kier alpha value is -0.840. The van der Waals surface area contributed by atoms with E-state index in [-0.39, 0.29) is 22.9 Å². The van der Waals surface area contributed by atoms with E-state index in [1.165, 1.54) is 11.8 Å². The Balaban J connectivity index is 2.21. The quantitative estimate of drug-likeness (QED) is 0.871. The van der Waals surface area contributed by atoms with Crippen molar-refractivity contribution >= 4 is 16.9 Å². The van der Waals surface area contributed by atoms with Crippen molar-refractivity contribution in [2.75, 3.05) is 6.61 Å². The Bertz CT molecular complexity index is 384. The molecule has 0 bridgehead atoms. The Kier molecular flexibility index (Phi) is 6.55. The van der Waals surface area contributed by atoms with Crippen molar-refractivity contribution < 1.29 is 14.6 Å². The van der Waals surface area contributed by atoms with Crippen molar-refractivity contribution in [1.82, 2.24) is 0 Å². The summed E-state index contributed by atoms with van der Waals surface area (Å²) in [6.45, 7) is 6.58. The van der Waals surface area contributed by atoms with Gasteiger partial charge in [-0.2, -0.15) is 0 Å². The molecule has 4 heteroatoms. The lowest BCUT2D eigenvalue weighted by Crippen LogP contribution is -2.21. The highest BCUT2D eigenvalue weighted by Gasteiger charge is 2.19. The summed E-state index contributed by atoms with van der Waals surface area (Å²) >= 11 is 1.26. The standard InChI is InChI=1S/C15H22O3S/c1-15(2,3)19-14(17)9-13(16)11-18-10-12-7-5-4-6-8-12/h4-8,13,16H,9-11H2,1-3H3/t13-/m0/s1. The first-order valence-electron chi connectivity index (χ1n) is 6.38. The van der Waals surface area contributed by atoms with Crippen molar-refractivity contribution in [2.45, 2.75) is 44.6 Å². The molecule has 0 fully saturated rings. The zero-order chi connectivity index (χ0) is 14.3. The zero-order valence-corrected chi connectivity index (χ0v) is 12.6. The van der Waals surface area contributed by atoms with E-state index in [0.717, 1.165) is 5.56 Å². The van der Waals surface area contributed by atoms with E-state index in [1.807, 2.05) is 51.1 Å². The Morgan fingerprint density at radius 2 is 1.95 bits per heavy atom. The van der Waals surface area contributed by atoms with Crippen LogP contribution in [0, 0.1) is 0 Å². The summed E-state index contributed by atoms with van der Waals surface area (Å²) in [6, 6.07) is 9.76. The van der Waals surface area contributed by atoms with Crippen LogP contribution in [0.4, 0.5) is 0 Å². The molecule has 0 aliphatic rings. The van der Waals surface area contributed by atoms with Crippen LogP contribution in [0.1, 0.15) is 32.8 Å². The minimum absolute atomic E-state index is 0.00307. The van der Waals surface area contributed by atoms with E-state index < -0.39 is 6.10 Å². The van der Waals surface area contributed by atoms with Crippen LogP contribution in [-0.4, -0.2) is 27.7 Å². The van der Waals surface area contributed by atoms with Gasteiger partial charge >= 0.3 is 0 Å². The lowest BCUT2D eigenvalue weighted by molar-refractivity contribution is -0.113. The van der Waals surface area contributed by atoms with Crippen molar-refractivity contribution in [3.63, 3.8) is 0 Å². The van der Waals surface area contributed by atoms with Crippen LogP contribution >= 0.6 is 11.8 Å². The summed E-state index contributed by atoms with van der Waals surface area (Å²) in [6.07, 6.45) is -0.595. The molecule has 1 N–H and O–H groups in total. The van der Waals surface area contributed by atoms with Gasteiger partial charge in [0.05, 0.1) is 19.3 Å². The summed E-state index contributed by atoms with van der Waals surface area (Å²) in [4.78, 5) is 11.6. The topological polar surface area (TPSA) is 46.5 Å². The smallest absolute Gasteiger partial charge is 0.192 e. The van der Waals surface area contributed by atoms with Crippen LogP contribution in [0.5, 0.6) is 0 Å². The molecular formula is C15H22O3S. The number of benzene rings is 1. The number of thioether (sulfide) groups is 1. The number of aliphatic hydroxyl groups excluding tert-OH is 1. The van der Waals surface area contributed by atoms with Gasteiger partial charge in [0.25, 0.3) is 0 Å². The fourth-order valence-corrected chi connectivity index (χ4v) is 2.48. The molecule has 0 saturated heterocycles. The highest BCUT2D eigenvalue weighted by molar-refractivity contribution is 8.14. The molecule has 3 nitrogen and oxygen atoms in total. The summed E-state index contributed by atoms with van der Waals surface area (Å²) in [5, 5.41) is 9.74. The van der Waals surface area contributed by atoms with Gasteiger partial charge in [0.2, 0.25) is 0 Å². The average Bonchev–Trinajstić information content (AvgIpc) is 2.27. The van der Waals surface area contributed by atoms with E-state index in [0.29, 0.717) is 6.61 Å². The SMILES string of the molecule is CC(C)(C)SC(=O)C[C@H](O)COCc1ccccc1. The number of hydrogen-bond acceptors (Lipinski definition) is 4. The molecule has 0 aromatic heterocycles. The third kappa shape index (κ3) is 8.03. The Morgan fingerprint density at radius 3 is 2.53 bits per heavy atom. The lowest BCUT2D eigenvalue weighted by Gasteiger charge is -2.17. The minimum Gasteiger partial charge on any atom is -0.390 e. The second-order valence-electron chi connectivity index (χ2n) is 5.45. The molecule has 1 aromatic carbocycles. The molecule has 0 aliphatic carbocycles. The summed E-state index contributed by atoms with van der Waals surface area (Å²) in [7, 11) is 0. The molecule has 1 atom stereocenters. The third-order valence-corrected chi connectivity index (χ3v) is 3.25. The zero-order valence-electron chi connectivity index (χ0n) is 11.8. The summed E-state index contributed by atoms with van der Waals surface area (Å²) < 4.78 is 5.29. The van der Waals surface area contributed by atoms with Gasteiger partial charge in [-0.25, -0.2) is 0 Å². The molecule has 0 heterocycles. The molecular weight excluding hydrogens is 260 g/mol. The van der Waals surface area contributed by atoms with E-state index in [9.17, 15) is 9.90 Å². The third-order valence-electron chi connectivity index (χ3n) is 2.24. The van der Waals surface area contributed by atoms with Crippen molar-refractivity contribution in [3.8, 4) is 0 Å². The second kappa shape index (κ2) is 7.68. The van der Waals surface area contributed by atoms with E-state index in [1.54, 1.807) is 0 Å². The molecule has 0 unspecified atom stereocenters. The number of carbonyl (C=O) groups is 1. The molecule has 19 heavy (non-hydrogen) atoms. The molecule has 106 valence electrons. The highest BCUT2D eigenvalue weighted by atomic mass is 32.2. The predicted molar refractivity (Wildman–Crippen MR) is 79.1 cm³/mol. The first-order valence-corrected chi connectivity index (χ1v) is 7.20. The van der Waals surface area contributed by atoms with Gasteiger partial charge in [-0.1, -0.05) is 62.9 Å². The van der Waals surface area contributed by atoms with Gasteiger partial charge in [0.1, 0.15) is 0 Å². The van der Waals surface area contributed by atoms with E-state index in [2.05, 4.69) is 0 Å². The Labute approximate surface area is 119 Å². The van der Waals surface area contributed by atoms with E-state index in [4.69, 9.17) is 4.74 Å². The van der Waals surface area contributed by atoms with Crippen LogP contribution in [0.3, 0.4) is 0 Å². The number of hydrogen-bond donors (Lipinski definition) is 1. The van der Waals surface area contributed by atoms with Crippen molar-refractivity contribution in [3.05, 3.63) is 35.9 Å². The highest BCUT2D eigenvalue weighted by Crippen LogP contribution is 2.25. The normalized spacial score (nSPS) is 13.3. The predicted octanol–water partition coefficient (Wildman–Crippen LogP) is 3.01. The number of ether oxygens (including phenoxy) is 1. The lowest BCUT2D eigenvalue weighted by atomic mass is 10.2. The van der Waals surface area contributed by atoms with Crippen LogP contribution in [-0.2, 0) is 16.1 Å². The van der Waals surface area contributed by atoms with Crippen LogP contribution < -0.4 is 0 Å². The van der Waals surface area contributed by atoms with Crippen LogP contribution in [0.25, 0.3) is 0 Å². The molecule has 1 rings (SSSR count). The number of rotatable bonds is 6. The van der Waals surface area contributed by atoms with Gasteiger partial charge in [0, 0.05) is 11.2 Å². The molecule has 1 aromatic rings. The van der Waals surface area contributed by atoms with E-state index >= 15 is 0 Å². The maximum absolute atomic E-state index is 11.6. The summed E-state index contributed by atoms with van der Waals surface area (Å²) in [5.41, 5.74) is 1.06. The average molecular weight is 282 g/mol. The monoisotopic (exact) mass is 282 g/mol. The fourth-order valence-electron chi connectivity index (χ4n) is 1.52. The molecule has 0 aliphatic heterocycles. The molecule has 0 amide bonds. The van der Waals surface area contributed by atoms with Crippen molar-refractivity contribution in [1.29, 1.82) is 0 Å². The van der Waals surface area contributed by atoms with Crippen LogP contribution in [0.2, 0.25) is 0 Å². The van der Waals surface area contributed by atoms with Gasteiger partial charge in [-0.15, -0.1) is 0 Å². The summed E-state index contributed by atoms with van der Waals surface area (Å²) in [5.74, 6) is 0. The maximum Gasteiger partial charge on any atom is 0.192 e. The maximum atomic E-state index is 11.6. The first kappa shape index (κ1) is 16.2. The Morgan fingerprint density at radius 1 is 1.32 bits per heavy atom. The van der Waals surface area contributed by atoms with Gasteiger partial charge in [0.15, 0.2) is 5.12 Å². The van der Waals surface area contributed by atoms with Gasteiger partial charge in [-0.05, 0) is 5.56 Å². The molecule has 0 saturated carbocycles. The largest absolute Gasteiger partial charge is 0.390 e. The van der Waals surface area contributed by atoms with Crippen LogP contribution in [0.15, 0.2) is 30.3 Å². The minimum atomic E-state index is -0.730. The van der Waals surface area contributed by atoms with Crippen molar-refractivity contribution in [2.24, 2.45) is 0 Å². The fraction of sp³-hybridized carbons (Fsp3) is 0.533. The van der Waals surface area contributed by atoms with Gasteiger partial charge in [-0.3, -0.25) is 4.79 Å². The molecule has 0 radical (unpaired) electrons. The second-order valence-corrected chi connectivity index (χ2v) is 7.33. The first-order chi connectivity index (χ1) is 8.87. The molecule has 0 spiro atoms. The number of carbonyl (C=O) groups excluding carboxylic acids is 1. The number of aliphatic hydroxyl groups is 1. The van der Waals surface area contributed by atoms with Gasteiger partial charge < -0.3 is 9.84 Å².